The quantitative estimate of drug-likeness (QED) is 0.664. The molecule has 0 fully saturated rings. The van der Waals surface area contributed by atoms with Crippen molar-refractivity contribution in [1.29, 1.82) is 0 Å². The minimum absolute atomic E-state index is 0.225. The Morgan fingerprint density at radius 1 is 1.50 bits per heavy atom. The zero-order valence-electron chi connectivity index (χ0n) is 10.6. The zero-order chi connectivity index (χ0) is 12.0. The van der Waals surface area contributed by atoms with Crippen LogP contribution in [0.1, 0.15) is 56.4 Å². The smallest absolute Gasteiger partial charge is 0.181 e. The van der Waals surface area contributed by atoms with Crippen LogP contribution in [0.5, 0.6) is 0 Å². The van der Waals surface area contributed by atoms with Crippen LogP contribution in [0, 0.1) is 5.92 Å². The summed E-state index contributed by atoms with van der Waals surface area (Å²) in [7, 11) is 1.82. The molecule has 1 rings (SSSR count). The summed E-state index contributed by atoms with van der Waals surface area (Å²) in [4.78, 5) is 12.0. The highest BCUT2D eigenvalue weighted by atomic mass is 16.1. The average Bonchev–Trinajstić information content (AvgIpc) is 2.70. The first-order chi connectivity index (χ1) is 7.69. The minimum Gasteiger partial charge on any atom is -0.292 e. The molecule has 0 bridgehead atoms. The third-order valence-corrected chi connectivity index (χ3v) is 3.12. The molecule has 1 atom stereocenters. The standard InChI is InChI=1S/C13H22N2O/c1-4-6-7-11(5-2)10-13(16)12-8-9-14-15(12)3/h8-9,11H,4-7,10H2,1-3H3. The van der Waals surface area contributed by atoms with Crippen molar-refractivity contribution in [2.75, 3.05) is 0 Å². The highest BCUT2D eigenvalue weighted by Gasteiger charge is 2.15. The predicted molar refractivity (Wildman–Crippen MR) is 65.5 cm³/mol. The van der Waals surface area contributed by atoms with Crippen molar-refractivity contribution >= 4 is 5.78 Å². The molecule has 1 unspecified atom stereocenters. The van der Waals surface area contributed by atoms with Crippen LogP contribution >= 0.6 is 0 Å². The van der Waals surface area contributed by atoms with E-state index in [2.05, 4.69) is 18.9 Å². The number of hydrogen-bond acceptors (Lipinski definition) is 2. The molecule has 0 spiro atoms. The summed E-state index contributed by atoms with van der Waals surface area (Å²) in [6, 6.07) is 1.80. The van der Waals surface area contributed by atoms with E-state index in [0.29, 0.717) is 12.3 Å². The topological polar surface area (TPSA) is 34.9 Å². The van der Waals surface area contributed by atoms with Gasteiger partial charge in [-0.25, -0.2) is 0 Å². The maximum atomic E-state index is 12.0. The van der Waals surface area contributed by atoms with Crippen molar-refractivity contribution in [1.82, 2.24) is 9.78 Å². The lowest BCUT2D eigenvalue weighted by Gasteiger charge is -2.13. The van der Waals surface area contributed by atoms with Gasteiger partial charge in [0.2, 0.25) is 0 Å². The Bertz CT molecular complexity index is 330. The van der Waals surface area contributed by atoms with Gasteiger partial charge in [-0.1, -0.05) is 39.5 Å². The molecule has 0 radical (unpaired) electrons. The number of aromatic nitrogens is 2. The maximum absolute atomic E-state index is 12.0. The van der Waals surface area contributed by atoms with Crippen LogP contribution in [0.4, 0.5) is 0 Å². The van der Waals surface area contributed by atoms with Crippen molar-refractivity contribution in [2.45, 2.75) is 46.0 Å². The van der Waals surface area contributed by atoms with Gasteiger partial charge in [0.1, 0.15) is 5.69 Å². The lowest BCUT2D eigenvalue weighted by Crippen LogP contribution is -2.12. The number of carbonyl (C=O) groups is 1. The van der Waals surface area contributed by atoms with E-state index in [1.54, 1.807) is 16.9 Å². The van der Waals surface area contributed by atoms with E-state index in [-0.39, 0.29) is 5.78 Å². The van der Waals surface area contributed by atoms with Gasteiger partial charge in [0.05, 0.1) is 0 Å². The SMILES string of the molecule is CCCCC(CC)CC(=O)c1ccnn1C. The molecule has 0 N–H and O–H groups in total. The van der Waals surface area contributed by atoms with Crippen molar-refractivity contribution < 1.29 is 4.79 Å². The molecule has 1 aromatic rings. The lowest BCUT2D eigenvalue weighted by molar-refractivity contribution is 0.0947. The van der Waals surface area contributed by atoms with E-state index in [1.165, 1.54) is 12.8 Å². The van der Waals surface area contributed by atoms with Crippen LogP contribution < -0.4 is 0 Å². The van der Waals surface area contributed by atoms with E-state index >= 15 is 0 Å². The summed E-state index contributed by atoms with van der Waals surface area (Å²) in [5.74, 6) is 0.755. The number of unbranched alkanes of at least 4 members (excludes halogenated alkanes) is 1. The summed E-state index contributed by atoms with van der Waals surface area (Å²) in [5, 5.41) is 4.03. The Morgan fingerprint density at radius 2 is 2.25 bits per heavy atom. The van der Waals surface area contributed by atoms with Gasteiger partial charge in [0.15, 0.2) is 5.78 Å². The molecule has 1 heterocycles. The highest BCUT2D eigenvalue weighted by molar-refractivity contribution is 5.94. The van der Waals surface area contributed by atoms with Crippen molar-refractivity contribution in [2.24, 2.45) is 13.0 Å². The van der Waals surface area contributed by atoms with Crippen LogP contribution in [0.3, 0.4) is 0 Å². The molecule has 90 valence electrons. The molecule has 0 aromatic carbocycles. The molecule has 3 heteroatoms. The van der Waals surface area contributed by atoms with Gasteiger partial charge < -0.3 is 0 Å². The van der Waals surface area contributed by atoms with Gasteiger partial charge in [-0.05, 0) is 12.0 Å². The second-order valence-electron chi connectivity index (χ2n) is 4.38. The van der Waals surface area contributed by atoms with Gasteiger partial charge in [-0.3, -0.25) is 9.48 Å². The number of Topliss-reactive ketones (excluding diaryl/α,β-unsaturated/α-hetero) is 1. The predicted octanol–water partition coefficient (Wildman–Crippen LogP) is 3.21. The lowest BCUT2D eigenvalue weighted by atomic mass is 9.93. The van der Waals surface area contributed by atoms with Crippen LogP contribution in [0.25, 0.3) is 0 Å². The molecule has 1 aromatic heterocycles. The minimum atomic E-state index is 0.225. The molecule has 16 heavy (non-hydrogen) atoms. The van der Waals surface area contributed by atoms with Crippen molar-refractivity contribution in [3.63, 3.8) is 0 Å². The molecule has 0 saturated heterocycles. The Kier molecular flexibility index (Phi) is 5.23. The highest BCUT2D eigenvalue weighted by Crippen LogP contribution is 2.19. The molecular formula is C13H22N2O. The molecule has 0 aliphatic heterocycles. The van der Waals surface area contributed by atoms with Crippen LogP contribution in [-0.2, 0) is 7.05 Å². The van der Waals surface area contributed by atoms with Crippen molar-refractivity contribution in [3.8, 4) is 0 Å². The number of ketones is 1. The number of hydrogen-bond donors (Lipinski definition) is 0. The van der Waals surface area contributed by atoms with Gasteiger partial charge in [0, 0.05) is 19.7 Å². The largest absolute Gasteiger partial charge is 0.292 e. The van der Waals surface area contributed by atoms with Crippen LogP contribution in [0.2, 0.25) is 0 Å². The molecule has 0 aliphatic rings. The number of rotatable bonds is 7. The summed E-state index contributed by atoms with van der Waals surface area (Å²) in [5.41, 5.74) is 0.731. The molecule has 0 aliphatic carbocycles. The monoisotopic (exact) mass is 222 g/mol. The number of carbonyl (C=O) groups excluding carboxylic acids is 1. The van der Waals surface area contributed by atoms with E-state index in [1.807, 2.05) is 7.05 Å². The molecular weight excluding hydrogens is 200 g/mol. The normalized spacial score (nSPS) is 12.7. The zero-order valence-corrected chi connectivity index (χ0v) is 10.6. The number of nitrogens with zero attached hydrogens (tertiary/aromatic N) is 2. The molecule has 0 saturated carbocycles. The second kappa shape index (κ2) is 6.46. The van der Waals surface area contributed by atoms with Crippen molar-refractivity contribution in [3.05, 3.63) is 18.0 Å². The first-order valence-electron chi connectivity index (χ1n) is 6.20. The number of aryl methyl sites for hydroxylation is 1. The summed E-state index contributed by atoms with van der Waals surface area (Å²) >= 11 is 0. The fraction of sp³-hybridized carbons (Fsp3) is 0.692. The van der Waals surface area contributed by atoms with E-state index in [9.17, 15) is 4.79 Å². The Morgan fingerprint density at radius 3 is 2.75 bits per heavy atom. The molecule has 0 amide bonds. The first kappa shape index (κ1) is 12.9. The van der Waals surface area contributed by atoms with E-state index < -0.39 is 0 Å². The second-order valence-corrected chi connectivity index (χ2v) is 4.38. The fourth-order valence-electron chi connectivity index (χ4n) is 1.96. The van der Waals surface area contributed by atoms with E-state index in [4.69, 9.17) is 0 Å². The summed E-state index contributed by atoms with van der Waals surface area (Å²) in [6.45, 7) is 4.35. The summed E-state index contributed by atoms with van der Waals surface area (Å²) < 4.78 is 1.66. The van der Waals surface area contributed by atoms with Gasteiger partial charge >= 0.3 is 0 Å². The Labute approximate surface area is 97.8 Å². The molecule has 3 nitrogen and oxygen atoms in total. The Hall–Kier alpha value is -1.12. The van der Waals surface area contributed by atoms with Gasteiger partial charge in [0.25, 0.3) is 0 Å². The third kappa shape index (κ3) is 3.47. The van der Waals surface area contributed by atoms with Gasteiger partial charge in [-0.15, -0.1) is 0 Å². The summed E-state index contributed by atoms with van der Waals surface area (Å²) in [6.07, 6.45) is 7.02. The van der Waals surface area contributed by atoms with E-state index in [0.717, 1.165) is 18.5 Å². The van der Waals surface area contributed by atoms with Crippen LogP contribution in [0.15, 0.2) is 12.3 Å². The Balaban J connectivity index is 2.52. The fourth-order valence-corrected chi connectivity index (χ4v) is 1.96. The van der Waals surface area contributed by atoms with Crippen LogP contribution in [-0.4, -0.2) is 15.6 Å². The third-order valence-electron chi connectivity index (χ3n) is 3.12. The first-order valence-corrected chi connectivity index (χ1v) is 6.20. The van der Waals surface area contributed by atoms with Gasteiger partial charge in [-0.2, -0.15) is 5.10 Å². The maximum Gasteiger partial charge on any atom is 0.181 e. The average molecular weight is 222 g/mol.